The lowest BCUT2D eigenvalue weighted by molar-refractivity contribution is -0.135. The number of aryl methyl sites for hydroxylation is 3. The van der Waals surface area contributed by atoms with Crippen LogP contribution in [0.25, 0.3) is 22.3 Å². The van der Waals surface area contributed by atoms with Crippen LogP contribution in [0.5, 0.6) is 5.75 Å². The van der Waals surface area contributed by atoms with Gasteiger partial charge in [0.1, 0.15) is 17.6 Å². The van der Waals surface area contributed by atoms with Gasteiger partial charge in [0.2, 0.25) is 11.8 Å². The molecule has 0 aliphatic carbocycles. The van der Waals surface area contributed by atoms with Crippen LogP contribution in [0.3, 0.4) is 0 Å². The van der Waals surface area contributed by atoms with Gasteiger partial charge in [0.15, 0.2) is 5.82 Å². The summed E-state index contributed by atoms with van der Waals surface area (Å²) >= 11 is 0. The molecule has 0 spiro atoms. The fraction of sp³-hybridized carbons (Fsp3) is 0.439. The predicted molar refractivity (Wildman–Crippen MR) is 209 cm³/mol. The van der Waals surface area contributed by atoms with Gasteiger partial charge in [-0.25, -0.2) is 14.8 Å². The highest BCUT2D eigenvalue weighted by atomic mass is 16.3. The third kappa shape index (κ3) is 7.68. The molecule has 2 aromatic carbocycles. The zero-order chi connectivity index (χ0) is 38.1. The van der Waals surface area contributed by atoms with Crippen LogP contribution < -0.4 is 27.0 Å². The number of aromatic hydroxyl groups is 1. The lowest BCUT2D eigenvalue weighted by Gasteiger charge is -2.35. The Bertz CT molecular complexity index is 2290. The summed E-state index contributed by atoms with van der Waals surface area (Å²) in [5, 5.41) is 25.0. The largest absolute Gasteiger partial charge is 0.507 e. The number of imide groups is 1. The van der Waals surface area contributed by atoms with Crippen molar-refractivity contribution in [1.82, 2.24) is 39.9 Å². The Hall–Kier alpha value is -5.63. The lowest BCUT2D eigenvalue weighted by atomic mass is 9.94. The Labute approximate surface area is 319 Å². The van der Waals surface area contributed by atoms with E-state index in [-0.39, 0.29) is 23.8 Å². The Kier molecular flexibility index (Phi) is 10.3. The number of piperazine rings is 1. The number of aromatic nitrogens is 6. The summed E-state index contributed by atoms with van der Waals surface area (Å²) in [5.74, 6) is 1.20. The molecule has 5 N–H and O–H groups in total. The van der Waals surface area contributed by atoms with Gasteiger partial charge >= 0.3 is 5.69 Å². The third-order valence-electron chi connectivity index (χ3n) is 11.6. The van der Waals surface area contributed by atoms with Crippen LogP contribution in [-0.4, -0.2) is 71.4 Å². The van der Waals surface area contributed by atoms with Crippen LogP contribution >= 0.6 is 0 Å². The molecule has 3 saturated heterocycles. The second-order valence-electron chi connectivity index (χ2n) is 15.3. The van der Waals surface area contributed by atoms with E-state index in [1.165, 1.54) is 10.1 Å². The maximum Gasteiger partial charge on any atom is 0.329 e. The number of phenolic OH excluding ortho intramolecular Hbond substituents is 1. The van der Waals surface area contributed by atoms with E-state index in [0.717, 1.165) is 99.1 Å². The zero-order valence-electron chi connectivity index (χ0n) is 31.2. The van der Waals surface area contributed by atoms with Crippen molar-refractivity contribution in [1.29, 1.82) is 0 Å². The molecule has 4 unspecified atom stereocenters. The van der Waals surface area contributed by atoms with Crippen molar-refractivity contribution in [3.8, 4) is 17.0 Å². The first-order valence-electron chi connectivity index (χ1n) is 19.5. The predicted octanol–water partition coefficient (Wildman–Crippen LogP) is 4.00. The Morgan fingerprint density at radius 2 is 1.75 bits per heavy atom. The van der Waals surface area contributed by atoms with Gasteiger partial charge < -0.3 is 21.1 Å². The van der Waals surface area contributed by atoms with E-state index < -0.39 is 11.9 Å². The van der Waals surface area contributed by atoms with Crippen molar-refractivity contribution in [2.75, 3.05) is 23.7 Å². The average molecular weight is 745 g/mol. The summed E-state index contributed by atoms with van der Waals surface area (Å²) in [6.45, 7) is 1.64. The Morgan fingerprint density at radius 1 is 0.927 bits per heavy atom. The van der Waals surface area contributed by atoms with Crippen LogP contribution in [0.4, 0.5) is 11.5 Å². The molecule has 8 rings (SSSR count). The van der Waals surface area contributed by atoms with Crippen molar-refractivity contribution in [2.45, 2.75) is 88.8 Å². The average Bonchev–Trinajstić information content (AvgIpc) is 3.60. The molecule has 4 atom stereocenters. The highest BCUT2D eigenvalue weighted by Crippen LogP contribution is 2.36. The molecule has 14 nitrogen and oxygen atoms in total. The number of amides is 2. The topological polar surface area (TPSA) is 186 Å². The smallest absolute Gasteiger partial charge is 0.329 e. The fourth-order valence-electron chi connectivity index (χ4n) is 8.71. The number of benzene rings is 2. The number of carbonyl (C=O) groups is 2. The van der Waals surface area contributed by atoms with Gasteiger partial charge in [0, 0.05) is 62.5 Å². The van der Waals surface area contributed by atoms with Crippen LogP contribution in [-0.2, 0) is 35.9 Å². The van der Waals surface area contributed by atoms with Gasteiger partial charge in [-0.1, -0.05) is 37.5 Å². The first-order chi connectivity index (χ1) is 26.7. The van der Waals surface area contributed by atoms with Gasteiger partial charge in [-0.15, -0.1) is 10.2 Å². The zero-order valence-corrected chi connectivity index (χ0v) is 31.2. The van der Waals surface area contributed by atoms with Crippen LogP contribution in [0, 0.1) is 5.92 Å². The number of anilines is 2. The minimum atomic E-state index is -0.672. The first-order valence-corrected chi connectivity index (χ1v) is 19.5. The molecule has 3 fully saturated rings. The van der Waals surface area contributed by atoms with Gasteiger partial charge in [-0.05, 0) is 86.4 Å². The maximum absolute atomic E-state index is 13.1. The Balaban J connectivity index is 0.794. The van der Waals surface area contributed by atoms with Crippen LogP contribution in [0.2, 0.25) is 0 Å². The number of imidazole rings is 1. The number of nitrogen functional groups attached to an aromatic ring is 1. The first kappa shape index (κ1) is 36.4. The molecule has 2 bridgehead atoms. The number of hydrogen-bond acceptors (Lipinski definition) is 11. The summed E-state index contributed by atoms with van der Waals surface area (Å²) in [6.07, 6.45) is 11.6. The number of piperidine rings is 1. The molecule has 14 heteroatoms. The van der Waals surface area contributed by atoms with Gasteiger partial charge in [0.25, 0.3) is 0 Å². The second-order valence-corrected chi connectivity index (χ2v) is 15.3. The number of phenols is 1. The number of unbranched alkanes of at least 4 members (excludes halogenated alkanes) is 4. The molecule has 3 aliphatic heterocycles. The highest BCUT2D eigenvalue weighted by molar-refractivity contribution is 6.00. The van der Waals surface area contributed by atoms with Gasteiger partial charge in [-0.2, -0.15) is 0 Å². The molecule has 5 aromatic rings. The second kappa shape index (κ2) is 15.6. The summed E-state index contributed by atoms with van der Waals surface area (Å²) in [6, 6.07) is 17.1. The number of para-hydroxylation sites is 1. The van der Waals surface area contributed by atoms with Gasteiger partial charge in [-0.3, -0.25) is 24.0 Å². The number of nitrogens with one attached hydrogen (secondary N) is 2. The van der Waals surface area contributed by atoms with Gasteiger partial charge in [0.05, 0.1) is 22.4 Å². The Morgan fingerprint density at radius 3 is 2.58 bits per heavy atom. The summed E-state index contributed by atoms with van der Waals surface area (Å²) in [4.78, 5) is 49.1. The van der Waals surface area contributed by atoms with Crippen LogP contribution in [0.15, 0.2) is 65.6 Å². The summed E-state index contributed by atoms with van der Waals surface area (Å²) in [5.41, 5.74) is 11.9. The van der Waals surface area contributed by atoms with E-state index >= 15 is 0 Å². The third-order valence-corrected chi connectivity index (χ3v) is 11.6. The molecule has 0 saturated carbocycles. The maximum atomic E-state index is 13.1. The number of fused-ring (bicyclic) bond motifs is 3. The van der Waals surface area contributed by atoms with Crippen molar-refractivity contribution in [2.24, 2.45) is 13.0 Å². The van der Waals surface area contributed by atoms with E-state index in [0.29, 0.717) is 41.5 Å². The fourth-order valence-corrected chi connectivity index (χ4v) is 8.71. The minimum Gasteiger partial charge on any atom is -0.507 e. The monoisotopic (exact) mass is 744 g/mol. The molecular formula is C41H48N10O4. The lowest BCUT2D eigenvalue weighted by Crippen LogP contribution is -2.52. The molecule has 286 valence electrons. The van der Waals surface area contributed by atoms with Crippen LogP contribution in [0.1, 0.15) is 74.5 Å². The number of nitrogens with zero attached hydrogens (tertiary/aromatic N) is 7. The molecule has 55 heavy (non-hydrogen) atoms. The quantitative estimate of drug-likeness (QED) is 0.101. The highest BCUT2D eigenvalue weighted by Gasteiger charge is 2.40. The molecular weight excluding hydrogens is 697 g/mol. The number of carbonyl (C=O) groups excluding carboxylic acids is 2. The summed E-state index contributed by atoms with van der Waals surface area (Å²) < 4.78 is 3.12. The van der Waals surface area contributed by atoms with Crippen molar-refractivity contribution in [3.05, 3.63) is 88.4 Å². The van der Waals surface area contributed by atoms with Crippen molar-refractivity contribution >= 4 is 34.4 Å². The molecule has 3 aliphatic rings. The van der Waals surface area contributed by atoms with Crippen molar-refractivity contribution in [3.63, 3.8) is 0 Å². The molecule has 6 heterocycles. The normalized spacial score (nSPS) is 21.0. The van der Waals surface area contributed by atoms with E-state index in [2.05, 4.69) is 36.8 Å². The molecule has 2 amide bonds. The van der Waals surface area contributed by atoms with E-state index in [9.17, 15) is 19.5 Å². The molecule has 0 radical (unpaired) electrons. The van der Waals surface area contributed by atoms with E-state index in [4.69, 9.17) is 10.7 Å². The molecule has 3 aromatic heterocycles. The number of rotatable bonds is 13. The summed E-state index contributed by atoms with van der Waals surface area (Å²) in [7, 11) is 1.73. The van der Waals surface area contributed by atoms with E-state index in [1.54, 1.807) is 23.7 Å². The van der Waals surface area contributed by atoms with E-state index in [1.807, 2.05) is 42.6 Å². The number of nitrogens with two attached hydrogens (primary N) is 1. The number of hydrogen-bond donors (Lipinski definition) is 4. The standard InChI is InChI=1S/C41H48N10O4/c1-49-34-19-25(13-14-32(34)51(41(49)55)33-15-16-38(53)46-40(33)54)9-5-3-2-4-6-12-37-43-18-17-27(45-37)20-26-21-28-23-50(24-31(26)44-28)35-22-30(47-48-39(35)42)29-10-7-8-11-36(29)52/h7-8,10-11,13-14,17-19,22,26,28,31,33,44,52H,2-6,9,12,15-16,20-21,23-24H2,1H3,(H2,42,48)(H,46,53,54). The van der Waals surface area contributed by atoms with Crippen molar-refractivity contribution < 1.29 is 14.7 Å². The minimum absolute atomic E-state index is 0.165. The SMILES string of the molecule is Cn1c(=O)n(C2CCC(=O)NC2=O)c2ccc(CCCCCCCc3nccc(CC4CC5CN(c6cc(-c7ccccc7O)nnc6N)CC4N5)n3)cc21.